The molecule has 3 N–H and O–H groups in total. The van der Waals surface area contributed by atoms with Crippen LogP contribution in [-0.2, 0) is 6.54 Å². The lowest BCUT2D eigenvalue weighted by molar-refractivity contribution is 0.0933. The second-order valence-corrected chi connectivity index (χ2v) is 4.56. The maximum atomic E-state index is 12.2. The highest BCUT2D eigenvalue weighted by Gasteiger charge is 2.15. The van der Waals surface area contributed by atoms with Crippen molar-refractivity contribution in [1.82, 2.24) is 15.1 Å². The minimum Gasteiger partial charge on any atom is -0.496 e. The van der Waals surface area contributed by atoms with E-state index in [2.05, 4.69) is 10.4 Å². The molecular formula is C14H18N4O2. The van der Waals surface area contributed by atoms with Crippen molar-refractivity contribution in [2.24, 2.45) is 0 Å². The quantitative estimate of drug-likeness (QED) is 0.805. The van der Waals surface area contributed by atoms with Crippen molar-refractivity contribution in [3.63, 3.8) is 0 Å². The molecule has 0 saturated heterocycles. The highest BCUT2D eigenvalue weighted by molar-refractivity contribution is 5.98. The Balaban J connectivity index is 2.06. The summed E-state index contributed by atoms with van der Waals surface area (Å²) in [4.78, 5) is 12.2. The molecule has 0 fully saturated rings. The number of anilines is 1. The van der Waals surface area contributed by atoms with Crippen LogP contribution in [-0.4, -0.2) is 28.8 Å². The van der Waals surface area contributed by atoms with Crippen molar-refractivity contribution >= 4 is 11.6 Å². The topological polar surface area (TPSA) is 82.2 Å². The van der Waals surface area contributed by atoms with E-state index in [1.54, 1.807) is 29.1 Å². The van der Waals surface area contributed by atoms with Crippen LogP contribution in [0.25, 0.3) is 0 Å². The molecule has 1 amide bonds. The standard InChI is InChI=1S/C14H18N4O2/c1-10(9-18-7-3-6-16-18)17-14(19)12-8-11(15)4-5-13(12)20-2/h3-8,10H,9,15H2,1-2H3,(H,17,19). The predicted octanol–water partition coefficient (Wildman–Crippen LogP) is 1.29. The Hall–Kier alpha value is -2.50. The first kappa shape index (κ1) is 13.9. The smallest absolute Gasteiger partial charge is 0.255 e. The third-order valence-electron chi connectivity index (χ3n) is 2.87. The van der Waals surface area contributed by atoms with Gasteiger partial charge in [0.2, 0.25) is 0 Å². The van der Waals surface area contributed by atoms with Crippen molar-refractivity contribution in [3.8, 4) is 5.75 Å². The monoisotopic (exact) mass is 274 g/mol. The number of nitrogen functional groups attached to an aromatic ring is 1. The Morgan fingerprint density at radius 1 is 1.55 bits per heavy atom. The van der Waals surface area contributed by atoms with Crippen LogP contribution in [0.5, 0.6) is 5.75 Å². The van der Waals surface area contributed by atoms with Crippen molar-refractivity contribution in [3.05, 3.63) is 42.2 Å². The third-order valence-corrected chi connectivity index (χ3v) is 2.87. The number of nitrogens with one attached hydrogen (secondary N) is 1. The van der Waals surface area contributed by atoms with Crippen LogP contribution in [0.15, 0.2) is 36.7 Å². The van der Waals surface area contributed by atoms with Gasteiger partial charge >= 0.3 is 0 Å². The number of hydrogen-bond acceptors (Lipinski definition) is 4. The van der Waals surface area contributed by atoms with Crippen LogP contribution in [0, 0.1) is 0 Å². The van der Waals surface area contributed by atoms with E-state index in [1.165, 1.54) is 7.11 Å². The van der Waals surface area contributed by atoms with Crippen LogP contribution < -0.4 is 15.8 Å². The summed E-state index contributed by atoms with van der Waals surface area (Å²) >= 11 is 0. The van der Waals surface area contributed by atoms with Crippen LogP contribution in [0.2, 0.25) is 0 Å². The molecule has 1 atom stereocenters. The summed E-state index contributed by atoms with van der Waals surface area (Å²) in [6.45, 7) is 2.52. The Bertz CT molecular complexity index is 581. The second kappa shape index (κ2) is 6.10. The third kappa shape index (κ3) is 3.28. The van der Waals surface area contributed by atoms with E-state index in [4.69, 9.17) is 10.5 Å². The van der Waals surface area contributed by atoms with E-state index >= 15 is 0 Å². The summed E-state index contributed by atoms with van der Waals surface area (Å²) in [6, 6.07) is 6.77. The maximum Gasteiger partial charge on any atom is 0.255 e. The molecule has 0 spiro atoms. The zero-order chi connectivity index (χ0) is 14.5. The summed E-state index contributed by atoms with van der Waals surface area (Å²) in [7, 11) is 1.52. The first-order chi connectivity index (χ1) is 9.60. The molecule has 1 aromatic carbocycles. The van der Waals surface area contributed by atoms with Gasteiger partial charge in [0, 0.05) is 24.1 Å². The molecule has 6 heteroatoms. The summed E-state index contributed by atoms with van der Waals surface area (Å²) in [5.41, 5.74) is 6.66. The maximum absolute atomic E-state index is 12.2. The molecule has 2 rings (SSSR count). The fourth-order valence-electron chi connectivity index (χ4n) is 1.94. The van der Waals surface area contributed by atoms with Gasteiger partial charge in [-0.05, 0) is 31.2 Å². The Morgan fingerprint density at radius 2 is 2.35 bits per heavy atom. The Labute approximate surface area is 117 Å². The molecule has 0 aliphatic rings. The molecule has 20 heavy (non-hydrogen) atoms. The number of carbonyl (C=O) groups excluding carboxylic acids is 1. The lowest BCUT2D eigenvalue weighted by atomic mass is 10.1. The van der Waals surface area contributed by atoms with Gasteiger partial charge in [0.15, 0.2) is 0 Å². The highest BCUT2D eigenvalue weighted by atomic mass is 16.5. The summed E-state index contributed by atoms with van der Waals surface area (Å²) < 4.78 is 6.94. The SMILES string of the molecule is COc1ccc(N)cc1C(=O)NC(C)Cn1cccn1. The number of nitrogens with zero attached hydrogens (tertiary/aromatic N) is 2. The molecule has 0 saturated carbocycles. The molecule has 2 aromatic rings. The van der Waals surface area contributed by atoms with Crippen LogP contribution in [0.1, 0.15) is 17.3 Å². The van der Waals surface area contributed by atoms with Crippen LogP contribution in [0.3, 0.4) is 0 Å². The largest absolute Gasteiger partial charge is 0.496 e. The van der Waals surface area contributed by atoms with Gasteiger partial charge in [-0.3, -0.25) is 9.48 Å². The number of benzene rings is 1. The fraction of sp³-hybridized carbons (Fsp3) is 0.286. The minimum atomic E-state index is -0.214. The molecule has 6 nitrogen and oxygen atoms in total. The van der Waals surface area contributed by atoms with Gasteiger partial charge in [0.25, 0.3) is 5.91 Å². The molecular weight excluding hydrogens is 256 g/mol. The van der Waals surface area contributed by atoms with Gasteiger partial charge in [0.1, 0.15) is 5.75 Å². The van der Waals surface area contributed by atoms with Gasteiger partial charge in [-0.1, -0.05) is 0 Å². The van der Waals surface area contributed by atoms with Crippen molar-refractivity contribution in [2.75, 3.05) is 12.8 Å². The molecule has 0 aliphatic carbocycles. The van der Waals surface area contributed by atoms with E-state index < -0.39 is 0 Å². The number of ether oxygens (including phenoxy) is 1. The van der Waals surface area contributed by atoms with E-state index in [0.717, 1.165) is 0 Å². The number of methoxy groups -OCH3 is 1. The summed E-state index contributed by atoms with van der Waals surface area (Å²) in [5, 5.41) is 7.01. The van der Waals surface area contributed by atoms with Gasteiger partial charge < -0.3 is 15.8 Å². The normalized spacial score (nSPS) is 11.9. The number of hydrogen-bond donors (Lipinski definition) is 2. The lowest BCUT2D eigenvalue weighted by Gasteiger charge is -2.15. The molecule has 0 aliphatic heterocycles. The van der Waals surface area contributed by atoms with Gasteiger partial charge in [-0.2, -0.15) is 5.10 Å². The number of nitrogens with two attached hydrogens (primary N) is 1. The van der Waals surface area contributed by atoms with E-state index in [0.29, 0.717) is 23.5 Å². The zero-order valence-electron chi connectivity index (χ0n) is 11.5. The van der Waals surface area contributed by atoms with Gasteiger partial charge in [-0.15, -0.1) is 0 Å². The summed E-state index contributed by atoms with van der Waals surface area (Å²) in [6.07, 6.45) is 3.55. The Kier molecular flexibility index (Phi) is 4.24. The number of aromatic nitrogens is 2. The van der Waals surface area contributed by atoms with Gasteiger partial charge in [0.05, 0.1) is 19.2 Å². The highest BCUT2D eigenvalue weighted by Crippen LogP contribution is 2.20. The summed E-state index contributed by atoms with van der Waals surface area (Å²) in [5.74, 6) is 0.289. The minimum absolute atomic E-state index is 0.0615. The van der Waals surface area contributed by atoms with Crippen LogP contribution >= 0.6 is 0 Å². The zero-order valence-corrected chi connectivity index (χ0v) is 11.5. The van der Waals surface area contributed by atoms with Crippen molar-refractivity contribution in [2.45, 2.75) is 19.5 Å². The fourth-order valence-corrected chi connectivity index (χ4v) is 1.94. The number of carbonyl (C=O) groups is 1. The molecule has 1 heterocycles. The predicted molar refractivity (Wildman–Crippen MR) is 76.6 cm³/mol. The molecule has 106 valence electrons. The molecule has 1 aromatic heterocycles. The average molecular weight is 274 g/mol. The molecule has 1 unspecified atom stereocenters. The second-order valence-electron chi connectivity index (χ2n) is 4.56. The van der Waals surface area contributed by atoms with Crippen molar-refractivity contribution in [1.29, 1.82) is 0 Å². The van der Waals surface area contributed by atoms with E-state index in [9.17, 15) is 4.79 Å². The average Bonchev–Trinajstić information content (AvgIpc) is 2.91. The number of rotatable bonds is 5. The lowest BCUT2D eigenvalue weighted by Crippen LogP contribution is -2.36. The first-order valence-electron chi connectivity index (χ1n) is 6.32. The van der Waals surface area contributed by atoms with Crippen LogP contribution in [0.4, 0.5) is 5.69 Å². The molecule has 0 radical (unpaired) electrons. The Morgan fingerprint density at radius 3 is 3.00 bits per heavy atom. The van der Waals surface area contributed by atoms with Gasteiger partial charge in [-0.25, -0.2) is 0 Å². The molecule has 0 bridgehead atoms. The van der Waals surface area contributed by atoms with E-state index in [-0.39, 0.29) is 11.9 Å². The number of amides is 1. The van der Waals surface area contributed by atoms with E-state index in [1.807, 2.05) is 19.2 Å². The van der Waals surface area contributed by atoms with Crippen molar-refractivity contribution < 1.29 is 9.53 Å². The first-order valence-corrected chi connectivity index (χ1v) is 6.32.